The summed E-state index contributed by atoms with van der Waals surface area (Å²) >= 11 is 0. The molecule has 0 spiro atoms. The first kappa shape index (κ1) is 22.1. The average Bonchev–Trinajstić information content (AvgIpc) is 2.89. The monoisotopic (exact) mass is 423 g/mol. The molecule has 2 aromatic rings. The fraction of sp³-hybridized carbons (Fsp3) is 0.348. The third-order valence-corrected chi connectivity index (χ3v) is 5.07. The van der Waals surface area contributed by atoms with E-state index in [2.05, 4.69) is 29.5 Å². The Morgan fingerprint density at radius 1 is 1.19 bits per heavy atom. The van der Waals surface area contributed by atoms with Crippen molar-refractivity contribution >= 4 is 23.6 Å². The molecule has 1 unspecified atom stereocenters. The van der Waals surface area contributed by atoms with Gasteiger partial charge in [0.25, 0.3) is 5.91 Å². The smallest absolute Gasteiger partial charge is 0.319 e. The van der Waals surface area contributed by atoms with Crippen LogP contribution >= 0.6 is 0 Å². The molecule has 0 aliphatic carbocycles. The molecule has 2 aromatic carbocycles. The van der Waals surface area contributed by atoms with Gasteiger partial charge in [0.15, 0.2) is 5.96 Å². The van der Waals surface area contributed by atoms with E-state index >= 15 is 0 Å². The molecule has 0 bridgehead atoms. The second-order valence-corrected chi connectivity index (χ2v) is 8.41. The molecule has 1 heterocycles. The molecule has 3 amide bonds. The maximum Gasteiger partial charge on any atom is 0.319 e. The van der Waals surface area contributed by atoms with E-state index in [0.29, 0.717) is 31.1 Å². The molecule has 0 radical (unpaired) electrons. The number of phenolic OH excluding ortho intramolecular Hbond substituents is 1. The van der Waals surface area contributed by atoms with Crippen LogP contribution in [0.4, 0.5) is 10.5 Å². The number of hydrogen-bond donors (Lipinski definition) is 4. The maximum atomic E-state index is 12.9. The minimum atomic E-state index is -0.801. The molecule has 31 heavy (non-hydrogen) atoms. The average molecular weight is 424 g/mol. The van der Waals surface area contributed by atoms with E-state index in [1.54, 1.807) is 12.1 Å². The van der Waals surface area contributed by atoms with Crippen molar-refractivity contribution in [3.05, 3.63) is 59.7 Å². The number of nitrogens with zero attached hydrogens (tertiary/aromatic N) is 2. The highest BCUT2D eigenvalue weighted by atomic mass is 16.3. The molecule has 1 atom stereocenters. The number of carbonyl (C=O) groups excluding carboxylic acids is 2. The number of hydrogen-bond acceptors (Lipinski definition) is 5. The zero-order valence-electron chi connectivity index (χ0n) is 18.1. The lowest BCUT2D eigenvalue weighted by atomic mass is 9.91. The van der Waals surface area contributed by atoms with Gasteiger partial charge in [0.2, 0.25) is 0 Å². The van der Waals surface area contributed by atoms with Gasteiger partial charge in [0.1, 0.15) is 11.3 Å². The van der Waals surface area contributed by atoms with Gasteiger partial charge in [0.05, 0.1) is 6.54 Å². The number of guanidine groups is 1. The fourth-order valence-corrected chi connectivity index (χ4v) is 3.72. The predicted molar refractivity (Wildman–Crippen MR) is 120 cm³/mol. The Balaban J connectivity index is 1.54. The Labute approximate surface area is 182 Å². The van der Waals surface area contributed by atoms with Crippen LogP contribution in [0.1, 0.15) is 38.3 Å². The highest BCUT2D eigenvalue weighted by Crippen LogP contribution is 2.29. The quantitative estimate of drug-likeness (QED) is 0.547. The van der Waals surface area contributed by atoms with Crippen molar-refractivity contribution in [2.75, 3.05) is 5.32 Å². The van der Waals surface area contributed by atoms with E-state index in [-0.39, 0.29) is 23.6 Å². The number of nitrogens with one attached hydrogen (secondary N) is 2. The summed E-state index contributed by atoms with van der Waals surface area (Å²) in [4.78, 5) is 30.8. The lowest BCUT2D eigenvalue weighted by molar-refractivity contribution is -0.131. The molecule has 8 heteroatoms. The topological polar surface area (TPSA) is 120 Å². The lowest BCUT2D eigenvalue weighted by Crippen LogP contribution is -2.43. The van der Waals surface area contributed by atoms with Gasteiger partial charge in [-0.25, -0.2) is 9.79 Å². The first-order valence-corrected chi connectivity index (χ1v) is 10.3. The van der Waals surface area contributed by atoms with Crippen LogP contribution in [0.2, 0.25) is 0 Å². The van der Waals surface area contributed by atoms with Crippen LogP contribution in [0.15, 0.2) is 53.5 Å². The molecule has 8 nitrogen and oxygen atoms in total. The minimum absolute atomic E-state index is 0.0759. The first-order chi connectivity index (χ1) is 14.7. The Hall–Kier alpha value is -3.55. The highest BCUT2D eigenvalue weighted by molar-refractivity contribution is 6.06. The van der Waals surface area contributed by atoms with Gasteiger partial charge >= 0.3 is 6.03 Å². The lowest BCUT2D eigenvalue weighted by Gasteiger charge is -2.23. The van der Waals surface area contributed by atoms with Crippen molar-refractivity contribution in [3.8, 4) is 5.75 Å². The van der Waals surface area contributed by atoms with Gasteiger partial charge in [-0.15, -0.1) is 0 Å². The van der Waals surface area contributed by atoms with E-state index in [9.17, 15) is 14.7 Å². The van der Waals surface area contributed by atoms with E-state index in [1.807, 2.05) is 31.2 Å². The van der Waals surface area contributed by atoms with Gasteiger partial charge in [-0.3, -0.25) is 9.69 Å². The standard InChI is InChI=1S/C23H29N5O3/c1-15(2)12-23(3)20(30)28(21(24)27-23)14-17-9-7-16(8-10-17)13-25-22(31)26-18-5-4-6-19(29)11-18/h4-11,15,29H,12-14H2,1-3H3,(H2,24,27)(H2,25,26,31). The zero-order chi connectivity index (χ0) is 22.6. The second-order valence-electron chi connectivity index (χ2n) is 8.41. The van der Waals surface area contributed by atoms with Crippen molar-refractivity contribution < 1.29 is 14.7 Å². The molecular formula is C23H29N5O3. The second kappa shape index (κ2) is 9.07. The number of phenols is 1. The van der Waals surface area contributed by atoms with Crippen LogP contribution in [0.3, 0.4) is 0 Å². The Kier molecular flexibility index (Phi) is 6.48. The van der Waals surface area contributed by atoms with Crippen LogP contribution in [0, 0.1) is 5.92 Å². The van der Waals surface area contributed by atoms with Crippen molar-refractivity contribution in [1.29, 1.82) is 0 Å². The van der Waals surface area contributed by atoms with E-state index in [4.69, 9.17) is 5.73 Å². The van der Waals surface area contributed by atoms with Crippen LogP contribution in [0.5, 0.6) is 5.75 Å². The number of anilines is 1. The largest absolute Gasteiger partial charge is 0.508 e. The summed E-state index contributed by atoms with van der Waals surface area (Å²) in [6.45, 7) is 6.64. The van der Waals surface area contributed by atoms with Crippen molar-refractivity contribution in [2.24, 2.45) is 16.6 Å². The predicted octanol–water partition coefficient (Wildman–Crippen LogP) is 3.18. The van der Waals surface area contributed by atoms with Gasteiger partial charge in [-0.05, 0) is 42.5 Å². The van der Waals surface area contributed by atoms with Crippen molar-refractivity contribution in [3.63, 3.8) is 0 Å². The highest BCUT2D eigenvalue weighted by Gasteiger charge is 2.43. The molecule has 0 saturated heterocycles. The first-order valence-electron chi connectivity index (χ1n) is 10.3. The van der Waals surface area contributed by atoms with Gasteiger partial charge in [0, 0.05) is 18.3 Å². The summed E-state index contributed by atoms with van der Waals surface area (Å²) in [5.74, 6) is 0.595. The summed E-state index contributed by atoms with van der Waals surface area (Å²) in [5.41, 5.74) is 7.58. The molecule has 0 fully saturated rings. The summed E-state index contributed by atoms with van der Waals surface area (Å²) in [7, 11) is 0. The van der Waals surface area contributed by atoms with Crippen LogP contribution < -0.4 is 16.4 Å². The van der Waals surface area contributed by atoms with Gasteiger partial charge in [-0.2, -0.15) is 0 Å². The van der Waals surface area contributed by atoms with E-state index in [0.717, 1.165) is 11.1 Å². The van der Waals surface area contributed by atoms with Crippen LogP contribution in [0.25, 0.3) is 0 Å². The number of benzene rings is 2. The Morgan fingerprint density at radius 3 is 2.52 bits per heavy atom. The number of aliphatic imine (C=N–C) groups is 1. The maximum absolute atomic E-state index is 12.9. The molecule has 5 N–H and O–H groups in total. The third kappa shape index (κ3) is 5.53. The summed E-state index contributed by atoms with van der Waals surface area (Å²) < 4.78 is 0. The normalized spacial score (nSPS) is 18.3. The molecule has 0 saturated carbocycles. The van der Waals surface area contributed by atoms with E-state index < -0.39 is 5.54 Å². The van der Waals surface area contributed by atoms with Crippen LogP contribution in [-0.2, 0) is 17.9 Å². The summed E-state index contributed by atoms with van der Waals surface area (Å²) in [5, 5.41) is 14.9. The number of amides is 3. The van der Waals surface area contributed by atoms with Crippen molar-refractivity contribution in [2.45, 2.75) is 45.8 Å². The number of aromatic hydroxyl groups is 1. The van der Waals surface area contributed by atoms with Crippen molar-refractivity contribution in [1.82, 2.24) is 10.2 Å². The fourth-order valence-electron chi connectivity index (χ4n) is 3.72. The Morgan fingerprint density at radius 2 is 1.87 bits per heavy atom. The number of nitrogens with two attached hydrogens (primary N) is 1. The number of carbonyl (C=O) groups is 2. The zero-order valence-corrected chi connectivity index (χ0v) is 18.1. The number of rotatable bonds is 7. The van der Waals surface area contributed by atoms with Gasteiger partial charge < -0.3 is 21.5 Å². The molecule has 0 aromatic heterocycles. The molecule has 1 aliphatic rings. The van der Waals surface area contributed by atoms with Crippen LogP contribution in [-0.4, -0.2) is 33.4 Å². The molecule has 3 rings (SSSR count). The minimum Gasteiger partial charge on any atom is -0.508 e. The van der Waals surface area contributed by atoms with Gasteiger partial charge in [-0.1, -0.05) is 44.2 Å². The molecular weight excluding hydrogens is 394 g/mol. The molecule has 1 aliphatic heterocycles. The summed E-state index contributed by atoms with van der Waals surface area (Å²) in [6.07, 6.45) is 0.651. The van der Waals surface area contributed by atoms with E-state index in [1.165, 1.54) is 17.0 Å². The Bertz CT molecular complexity index is 987. The number of urea groups is 1. The molecule has 164 valence electrons. The summed E-state index contributed by atoms with van der Waals surface area (Å²) in [6, 6.07) is 13.6. The SMILES string of the molecule is CC(C)CC1(C)N=C(N)N(Cc2ccc(CNC(=O)Nc3cccc(O)c3)cc2)C1=O. The third-order valence-electron chi connectivity index (χ3n) is 5.07.